The molecule has 0 aliphatic carbocycles. The van der Waals surface area contributed by atoms with Gasteiger partial charge in [0.05, 0.1) is 11.4 Å². The van der Waals surface area contributed by atoms with Gasteiger partial charge in [0.2, 0.25) is 0 Å². The maximum absolute atomic E-state index is 5.72. The number of fused-ring (bicyclic) bond motifs is 4. The lowest BCUT2D eigenvalue weighted by Gasteiger charge is -2.09. The molecule has 0 aliphatic rings. The molecule has 6 aromatic carbocycles. The molecule has 48 heavy (non-hydrogen) atoms. The van der Waals surface area contributed by atoms with Gasteiger partial charge >= 0.3 is 11.7 Å². The van der Waals surface area contributed by atoms with Crippen molar-refractivity contribution in [1.82, 2.24) is 18.8 Å². The Hall–Kier alpha value is -6.66. The molecule has 0 aliphatic heterocycles. The van der Waals surface area contributed by atoms with E-state index >= 15 is 0 Å². The normalized spacial score (nSPS) is 11.8. The summed E-state index contributed by atoms with van der Waals surface area (Å²) in [6.45, 7) is 0. The minimum atomic E-state index is 0.572. The molecule has 6 nitrogen and oxygen atoms in total. The summed E-state index contributed by atoms with van der Waals surface area (Å²) in [7, 11) is 0. The molecule has 0 bridgehead atoms. The molecule has 0 saturated carbocycles. The van der Waals surface area contributed by atoms with E-state index in [1.165, 1.54) is 21.5 Å². The molecule has 0 spiro atoms. The zero-order valence-corrected chi connectivity index (χ0v) is 25.6. The van der Waals surface area contributed by atoms with Crippen molar-refractivity contribution in [2.45, 2.75) is 0 Å². The highest BCUT2D eigenvalue weighted by Crippen LogP contribution is 2.38. The third-order valence-electron chi connectivity index (χ3n) is 9.22. The second-order valence-electron chi connectivity index (χ2n) is 12.0. The van der Waals surface area contributed by atoms with E-state index in [0.717, 1.165) is 56.2 Å². The van der Waals surface area contributed by atoms with E-state index in [1.54, 1.807) is 12.5 Å². The molecule has 0 fully saturated rings. The zero-order valence-electron chi connectivity index (χ0n) is 25.6. The van der Waals surface area contributed by atoms with Crippen LogP contribution in [0.25, 0.3) is 89.4 Å². The summed E-state index contributed by atoms with van der Waals surface area (Å²) in [4.78, 5) is 9.77. The predicted molar refractivity (Wildman–Crippen MR) is 191 cm³/mol. The average molecular weight is 619 g/mol. The van der Waals surface area contributed by atoms with Gasteiger partial charge in [-0.3, -0.25) is 8.80 Å². The second kappa shape index (κ2) is 10.4. The fourth-order valence-electron chi connectivity index (χ4n) is 6.84. The van der Waals surface area contributed by atoms with E-state index in [9.17, 15) is 0 Å². The minimum Gasteiger partial charge on any atom is -0.432 e. The van der Waals surface area contributed by atoms with Gasteiger partial charge in [-0.05, 0) is 44.8 Å². The Balaban J connectivity index is 1.01. The highest BCUT2D eigenvalue weighted by atomic mass is 16.3. The number of benzene rings is 6. The first kappa shape index (κ1) is 26.5. The topological polar surface area (TPSA) is 60.9 Å². The zero-order chi connectivity index (χ0) is 31.6. The molecule has 10 aromatic rings. The van der Waals surface area contributed by atoms with Crippen LogP contribution in [0.1, 0.15) is 0 Å². The van der Waals surface area contributed by atoms with Crippen LogP contribution in [0.15, 0.2) is 167 Å². The van der Waals surface area contributed by atoms with Crippen LogP contribution in [-0.4, -0.2) is 18.8 Å². The van der Waals surface area contributed by atoms with E-state index in [-0.39, 0.29) is 0 Å². The molecule has 226 valence electrons. The summed E-state index contributed by atoms with van der Waals surface area (Å²) in [6.07, 6.45) is 7.20. The van der Waals surface area contributed by atoms with Gasteiger partial charge in [-0.2, -0.15) is 9.97 Å². The number of aromatic nitrogens is 4. The summed E-state index contributed by atoms with van der Waals surface area (Å²) >= 11 is 0. The highest BCUT2D eigenvalue weighted by Gasteiger charge is 2.20. The molecule has 0 amide bonds. The van der Waals surface area contributed by atoms with E-state index in [4.69, 9.17) is 18.8 Å². The Kier molecular flexibility index (Phi) is 5.77. The van der Waals surface area contributed by atoms with Gasteiger partial charge in [-0.25, -0.2) is 0 Å². The van der Waals surface area contributed by atoms with Crippen molar-refractivity contribution < 1.29 is 8.83 Å². The van der Waals surface area contributed by atoms with Crippen molar-refractivity contribution in [3.63, 3.8) is 0 Å². The number of hydrogen-bond acceptors (Lipinski definition) is 4. The van der Waals surface area contributed by atoms with Crippen LogP contribution in [-0.2, 0) is 0 Å². The van der Waals surface area contributed by atoms with Gasteiger partial charge < -0.3 is 8.83 Å². The van der Waals surface area contributed by atoms with Crippen LogP contribution < -0.4 is 0 Å². The van der Waals surface area contributed by atoms with Crippen molar-refractivity contribution >= 4 is 33.2 Å². The summed E-state index contributed by atoms with van der Waals surface area (Å²) in [5.41, 5.74) is 10.3. The monoisotopic (exact) mass is 618 g/mol. The van der Waals surface area contributed by atoms with Crippen molar-refractivity contribution in [2.24, 2.45) is 0 Å². The number of nitrogens with zero attached hydrogens (tertiary/aromatic N) is 4. The van der Waals surface area contributed by atoms with Crippen LogP contribution in [0.3, 0.4) is 0 Å². The molecule has 6 heteroatoms. The van der Waals surface area contributed by atoms with Crippen LogP contribution in [0.4, 0.5) is 0 Å². The van der Waals surface area contributed by atoms with Gasteiger partial charge in [-0.1, -0.05) is 121 Å². The van der Waals surface area contributed by atoms with Crippen LogP contribution in [0, 0.1) is 0 Å². The molecule has 0 unspecified atom stereocenters. The maximum atomic E-state index is 5.72. The number of hydrogen-bond donors (Lipinski definition) is 0. The lowest BCUT2D eigenvalue weighted by molar-refractivity contribution is 0.596. The van der Waals surface area contributed by atoms with Crippen LogP contribution in [0.2, 0.25) is 0 Å². The molecular formula is C42H26N4O2. The molecule has 0 radical (unpaired) electrons. The smallest absolute Gasteiger partial charge is 0.306 e. The lowest BCUT2D eigenvalue weighted by Crippen LogP contribution is -1.89. The second-order valence-corrected chi connectivity index (χ2v) is 12.0. The Bertz CT molecular complexity index is 2580. The standard InChI is InChI=1S/C42H26N4O2/c1-3-7-33-25-35(19-13-27(33)5-1)37-39(45-21-23-47-41(45)43-37)31-15-9-29(10-16-31)30-11-17-32(18-12-30)40-38(44-42-46(40)22-24-48-42)36-20-14-28-6-2-4-8-34(28)26-36/h1-26H. The average Bonchev–Trinajstić information content (AvgIpc) is 3.94. The first-order valence-corrected chi connectivity index (χ1v) is 15.9. The van der Waals surface area contributed by atoms with E-state index in [2.05, 4.69) is 133 Å². The van der Waals surface area contributed by atoms with Crippen molar-refractivity contribution in [1.29, 1.82) is 0 Å². The van der Waals surface area contributed by atoms with E-state index in [0.29, 0.717) is 11.7 Å². The van der Waals surface area contributed by atoms with Crippen molar-refractivity contribution in [2.75, 3.05) is 0 Å². The maximum Gasteiger partial charge on any atom is 0.306 e. The van der Waals surface area contributed by atoms with E-state index < -0.39 is 0 Å². The van der Waals surface area contributed by atoms with Gasteiger partial charge in [0.15, 0.2) is 0 Å². The van der Waals surface area contributed by atoms with E-state index in [1.807, 2.05) is 21.2 Å². The molecule has 0 N–H and O–H groups in total. The summed E-state index contributed by atoms with van der Waals surface area (Å²) in [5, 5.41) is 4.76. The molecule has 4 heterocycles. The van der Waals surface area contributed by atoms with Crippen molar-refractivity contribution in [3.05, 3.63) is 158 Å². The fourth-order valence-corrected chi connectivity index (χ4v) is 6.84. The largest absolute Gasteiger partial charge is 0.432 e. The number of imidazole rings is 2. The minimum absolute atomic E-state index is 0.572. The van der Waals surface area contributed by atoms with Crippen LogP contribution >= 0.6 is 0 Å². The molecule has 0 atom stereocenters. The molecule has 0 saturated heterocycles. The third-order valence-corrected chi connectivity index (χ3v) is 9.22. The quantitative estimate of drug-likeness (QED) is 0.193. The predicted octanol–water partition coefficient (Wildman–Crippen LogP) is 10.8. The molecule has 10 rings (SSSR count). The van der Waals surface area contributed by atoms with Crippen LogP contribution in [0.5, 0.6) is 0 Å². The lowest BCUT2D eigenvalue weighted by atomic mass is 9.97. The summed E-state index contributed by atoms with van der Waals surface area (Å²) < 4.78 is 15.5. The third kappa shape index (κ3) is 4.20. The Morgan fingerprint density at radius 2 is 0.750 bits per heavy atom. The van der Waals surface area contributed by atoms with Gasteiger partial charge in [-0.15, -0.1) is 0 Å². The fraction of sp³-hybridized carbons (Fsp3) is 0. The van der Waals surface area contributed by atoms with Gasteiger partial charge in [0.1, 0.15) is 23.9 Å². The first-order valence-electron chi connectivity index (χ1n) is 15.9. The SMILES string of the molecule is c1ccc2cc(-c3nc4occn4c3-c3ccc(-c4ccc(-c5c(-c6ccc7ccccc7c6)nc6occn56)cc4)cc3)ccc2c1. The number of rotatable bonds is 5. The Morgan fingerprint density at radius 1 is 0.375 bits per heavy atom. The Morgan fingerprint density at radius 3 is 1.19 bits per heavy atom. The van der Waals surface area contributed by atoms with Gasteiger partial charge in [0.25, 0.3) is 0 Å². The Labute approximate surface area is 274 Å². The number of oxazole rings is 2. The summed E-state index contributed by atoms with van der Waals surface area (Å²) in [6, 6.07) is 47.0. The van der Waals surface area contributed by atoms with Gasteiger partial charge in [0, 0.05) is 34.6 Å². The first-order chi connectivity index (χ1) is 23.8. The van der Waals surface area contributed by atoms with Crippen molar-refractivity contribution in [3.8, 4) is 56.2 Å². The molecular weight excluding hydrogens is 592 g/mol. The highest BCUT2D eigenvalue weighted by molar-refractivity contribution is 5.92. The summed E-state index contributed by atoms with van der Waals surface area (Å²) in [5.74, 6) is 1.14. The molecule has 4 aromatic heterocycles.